The van der Waals surface area contributed by atoms with Crippen LogP contribution in [0.3, 0.4) is 0 Å². The van der Waals surface area contributed by atoms with Crippen molar-refractivity contribution in [2.75, 3.05) is 17.2 Å². The molecule has 0 aliphatic heterocycles. The molecular formula is C19H29N3O2. The van der Waals surface area contributed by atoms with Crippen molar-refractivity contribution in [3.8, 4) is 0 Å². The fraction of sp³-hybridized carbons (Fsp3) is 0.579. The molecule has 0 radical (unpaired) electrons. The molecule has 0 unspecified atom stereocenters. The molecule has 24 heavy (non-hydrogen) atoms. The third-order valence-electron chi connectivity index (χ3n) is 4.67. The second-order valence-corrected chi connectivity index (χ2v) is 6.71. The second-order valence-electron chi connectivity index (χ2n) is 6.71. The topological polar surface area (TPSA) is 84.2 Å². The molecule has 0 atom stereocenters. The Morgan fingerprint density at radius 2 is 1.79 bits per heavy atom. The number of nitrogens with two attached hydrogens (primary N) is 1. The highest BCUT2D eigenvalue weighted by atomic mass is 16.2. The third-order valence-corrected chi connectivity index (χ3v) is 4.67. The van der Waals surface area contributed by atoms with Crippen molar-refractivity contribution >= 4 is 23.2 Å². The second kappa shape index (κ2) is 9.42. The summed E-state index contributed by atoms with van der Waals surface area (Å²) in [6, 6.07) is 5.54. The zero-order chi connectivity index (χ0) is 17.4. The molecule has 1 aromatic rings. The van der Waals surface area contributed by atoms with Gasteiger partial charge in [-0.1, -0.05) is 38.2 Å². The minimum absolute atomic E-state index is 0.0501. The quantitative estimate of drug-likeness (QED) is 0.714. The number of benzene rings is 1. The first-order valence-electron chi connectivity index (χ1n) is 8.99. The van der Waals surface area contributed by atoms with Crippen molar-refractivity contribution in [3.05, 3.63) is 23.8 Å². The molecule has 1 aliphatic rings. The lowest BCUT2D eigenvalue weighted by Crippen LogP contribution is -2.17. The highest BCUT2D eigenvalue weighted by Gasteiger charge is 2.15. The summed E-state index contributed by atoms with van der Waals surface area (Å²) in [5, 5.41) is 5.78. The van der Waals surface area contributed by atoms with E-state index in [1.54, 1.807) is 0 Å². The van der Waals surface area contributed by atoms with E-state index in [0.29, 0.717) is 24.6 Å². The summed E-state index contributed by atoms with van der Waals surface area (Å²) in [4.78, 5) is 23.9. The van der Waals surface area contributed by atoms with Gasteiger partial charge in [0.2, 0.25) is 11.8 Å². The van der Waals surface area contributed by atoms with Crippen LogP contribution < -0.4 is 16.4 Å². The molecular weight excluding hydrogens is 302 g/mol. The lowest BCUT2D eigenvalue weighted by Gasteiger charge is -2.21. The SMILES string of the molecule is Cc1ccc(NC(=O)CCN)cc1NC(=O)CCC1CCCCC1. The van der Waals surface area contributed by atoms with Gasteiger partial charge >= 0.3 is 0 Å². The number of carbonyl (C=O) groups is 2. The monoisotopic (exact) mass is 331 g/mol. The Balaban J connectivity index is 1.87. The van der Waals surface area contributed by atoms with Crippen LogP contribution in [0.25, 0.3) is 0 Å². The predicted octanol–water partition coefficient (Wildman–Crippen LogP) is 3.58. The van der Waals surface area contributed by atoms with Crippen LogP contribution in [0.1, 0.15) is 56.9 Å². The molecule has 1 aliphatic carbocycles. The largest absolute Gasteiger partial charge is 0.330 e. The highest BCUT2D eigenvalue weighted by Crippen LogP contribution is 2.27. The van der Waals surface area contributed by atoms with Crippen LogP contribution in [0.2, 0.25) is 0 Å². The molecule has 0 heterocycles. The molecule has 132 valence electrons. The lowest BCUT2D eigenvalue weighted by atomic mass is 9.86. The maximum absolute atomic E-state index is 12.2. The first kappa shape index (κ1) is 18.5. The summed E-state index contributed by atoms with van der Waals surface area (Å²) in [6.45, 7) is 2.27. The van der Waals surface area contributed by atoms with Crippen LogP contribution in [-0.4, -0.2) is 18.4 Å². The molecule has 0 aromatic heterocycles. The van der Waals surface area contributed by atoms with Crippen molar-refractivity contribution in [1.82, 2.24) is 0 Å². The van der Waals surface area contributed by atoms with Gasteiger partial charge in [-0.2, -0.15) is 0 Å². The molecule has 1 fully saturated rings. The smallest absolute Gasteiger partial charge is 0.225 e. The number of hydrogen-bond acceptors (Lipinski definition) is 3. The first-order valence-corrected chi connectivity index (χ1v) is 8.99. The number of nitrogens with one attached hydrogen (secondary N) is 2. The maximum Gasteiger partial charge on any atom is 0.225 e. The molecule has 5 heteroatoms. The number of aryl methyl sites for hydroxylation is 1. The maximum atomic E-state index is 12.2. The molecule has 2 amide bonds. The van der Waals surface area contributed by atoms with Gasteiger partial charge in [0.25, 0.3) is 0 Å². The average molecular weight is 331 g/mol. The van der Waals surface area contributed by atoms with E-state index in [1.165, 1.54) is 32.1 Å². The van der Waals surface area contributed by atoms with E-state index in [0.717, 1.165) is 17.7 Å². The summed E-state index contributed by atoms with van der Waals surface area (Å²) in [6.07, 6.45) is 8.28. The molecule has 4 N–H and O–H groups in total. The molecule has 1 saturated carbocycles. The summed E-state index contributed by atoms with van der Waals surface area (Å²) in [5.41, 5.74) is 7.80. The van der Waals surface area contributed by atoms with Gasteiger partial charge in [0.15, 0.2) is 0 Å². The van der Waals surface area contributed by atoms with E-state index < -0.39 is 0 Å². The van der Waals surface area contributed by atoms with Crippen LogP contribution in [0.15, 0.2) is 18.2 Å². The van der Waals surface area contributed by atoms with E-state index in [-0.39, 0.29) is 18.2 Å². The van der Waals surface area contributed by atoms with Gasteiger partial charge in [0, 0.05) is 30.8 Å². The van der Waals surface area contributed by atoms with Gasteiger partial charge in [0.05, 0.1) is 0 Å². The normalized spacial score (nSPS) is 15.1. The number of carbonyl (C=O) groups excluding carboxylic acids is 2. The third kappa shape index (κ3) is 5.96. The van der Waals surface area contributed by atoms with Crippen LogP contribution in [0.5, 0.6) is 0 Å². The van der Waals surface area contributed by atoms with Gasteiger partial charge in [-0.15, -0.1) is 0 Å². The number of hydrogen-bond donors (Lipinski definition) is 3. The first-order chi connectivity index (χ1) is 11.6. The summed E-state index contributed by atoms with van der Waals surface area (Å²) < 4.78 is 0. The molecule has 5 nitrogen and oxygen atoms in total. The van der Waals surface area contributed by atoms with Crippen LogP contribution in [-0.2, 0) is 9.59 Å². The van der Waals surface area contributed by atoms with E-state index in [9.17, 15) is 9.59 Å². The Hall–Kier alpha value is -1.88. The lowest BCUT2D eigenvalue weighted by molar-refractivity contribution is -0.117. The van der Waals surface area contributed by atoms with Crippen molar-refractivity contribution in [3.63, 3.8) is 0 Å². The minimum atomic E-state index is -0.115. The fourth-order valence-corrected chi connectivity index (χ4v) is 3.21. The van der Waals surface area contributed by atoms with Crippen molar-refractivity contribution < 1.29 is 9.59 Å². The molecule has 0 saturated heterocycles. The Kier molecular flexibility index (Phi) is 7.25. The number of rotatable bonds is 7. The molecule has 0 bridgehead atoms. The molecule has 2 rings (SSSR count). The Morgan fingerprint density at radius 1 is 1.08 bits per heavy atom. The Morgan fingerprint density at radius 3 is 2.50 bits per heavy atom. The van der Waals surface area contributed by atoms with Crippen molar-refractivity contribution in [2.24, 2.45) is 11.7 Å². The average Bonchev–Trinajstić information content (AvgIpc) is 2.57. The molecule has 0 spiro atoms. The minimum Gasteiger partial charge on any atom is -0.330 e. The Bertz CT molecular complexity index is 566. The van der Waals surface area contributed by atoms with Gasteiger partial charge in [-0.3, -0.25) is 9.59 Å². The van der Waals surface area contributed by atoms with Gasteiger partial charge in [-0.05, 0) is 37.0 Å². The summed E-state index contributed by atoms with van der Waals surface area (Å²) >= 11 is 0. The van der Waals surface area contributed by atoms with E-state index in [2.05, 4.69) is 10.6 Å². The van der Waals surface area contributed by atoms with E-state index in [4.69, 9.17) is 5.73 Å². The molecule has 1 aromatic carbocycles. The zero-order valence-corrected chi connectivity index (χ0v) is 14.6. The fourth-order valence-electron chi connectivity index (χ4n) is 3.21. The van der Waals surface area contributed by atoms with Crippen LogP contribution >= 0.6 is 0 Å². The predicted molar refractivity (Wildman–Crippen MR) is 97.9 cm³/mol. The van der Waals surface area contributed by atoms with E-state index in [1.807, 2.05) is 25.1 Å². The Labute approximate surface area is 144 Å². The van der Waals surface area contributed by atoms with Gasteiger partial charge in [-0.25, -0.2) is 0 Å². The summed E-state index contributed by atoms with van der Waals surface area (Å²) in [5.74, 6) is 0.637. The van der Waals surface area contributed by atoms with Crippen molar-refractivity contribution in [2.45, 2.75) is 58.3 Å². The van der Waals surface area contributed by atoms with E-state index >= 15 is 0 Å². The van der Waals surface area contributed by atoms with Gasteiger partial charge < -0.3 is 16.4 Å². The highest BCUT2D eigenvalue weighted by molar-refractivity contribution is 5.94. The standard InChI is InChI=1S/C19H29N3O2/c1-14-7-9-16(21-19(24)11-12-20)13-17(14)22-18(23)10-8-15-5-3-2-4-6-15/h7,9,13,15H,2-6,8,10-12,20H2,1H3,(H,21,24)(H,22,23). The van der Waals surface area contributed by atoms with Crippen LogP contribution in [0.4, 0.5) is 11.4 Å². The zero-order valence-electron chi connectivity index (χ0n) is 14.6. The summed E-state index contributed by atoms with van der Waals surface area (Å²) in [7, 11) is 0. The number of anilines is 2. The van der Waals surface area contributed by atoms with Crippen LogP contribution in [0, 0.1) is 12.8 Å². The number of amides is 2. The van der Waals surface area contributed by atoms with Crippen molar-refractivity contribution in [1.29, 1.82) is 0 Å². The van der Waals surface area contributed by atoms with Gasteiger partial charge in [0.1, 0.15) is 0 Å².